The van der Waals surface area contributed by atoms with Gasteiger partial charge >= 0.3 is 0 Å². The van der Waals surface area contributed by atoms with E-state index in [1.807, 2.05) is 0 Å². The van der Waals surface area contributed by atoms with Gasteiger partial charge in [-0.2, -0.15) is 0 Å². The third kappa shape index (κ3) is 3.53. The van der Waals surface area contributed by atoms with Gasteiger partial charge in [0.2, 0.25) is 0 Å². The standard InChI is InChI=1S/C17H20BrNO/c18-17-15-6-2-1-5-13(15)7-10-16(17)20-12-4-3-11-19-14-8-9-14/h1-2,5-7,10,14,19H,3-4,8-9,11-12H2. The summed E-state index contributed by atoms with van der Waals surface area (Å²) in [6, 6.07) is 13.3. The highest BCUT2D eigenvalue weighted by Crippen LogP contribution is 2.33. The van der Waals surface area contributed by atoms with Gasteiger partial charge in [-0.05, 0) is 65.0 Å². The first-order valence-electron chi connectivity index (χ1n) is 7.38. The molecule has 1 N–H and O–H groups in total. The minimum atomic E-state index is 0.781. The zero-order valence-corrected chi connectivity index (χ0v) is 13.2. The van der Waals surface area contributed by atoms with Crippen LogP contribution in [0.3, 0.4) is 0 Å². The molecule has 3 heteroatoms. The molecule has 3 rings (SSSR count). The number of hydrogen-bond donors (Lipinski definition) is 1. The van der Waals surface area contributed by atoms with Gasteiger partial charge in [0.1, 0.15) is 5.75 Å². The molecule has 1 fully saturated rings. The Morgan fingerprint density at radius 2 is 1.95 bits per heavy atom. The number of nitrogens with one attached hydrogen (secondary N) is 1. The van der Waals surface area contributed by atoms with E-state index in [0.717, 1.165) is 35.8 Å². The van der Waals surface area contributed by atoms with E-state index >= 15 is 0 Å². The number of benzene rings is 2. The zero-order chi connectivity index (χ0) is 13.8. The third-order valence-electron chi connectivity index (χ3n) is 3.67. The average molecular weight is 334 g/mol. The zero-order valence-electron chi connectivity index (χ0n) is 11.6. The summed E-state index contributed by atoms with van der Waals surface area (Å²) in [7, 11) is 0. The predicted molar refractivity (Wildman–Crippen MR) is 87.4 cm³/mol. The molecule has 2 aromatic rings. The molecule has 1 aliphatic rings. The van der Waals surface area contributed by atoms with Gasteiger partial charge in [0.25, 0.3) is 0 Å². The molecule has 0 radical (unpaired) electrons. The van der Waals surface area contributed by atoms with E-state index in [9.17, 15) is 0 Å². The summed E-state index contributed by atoms with van der Waals surface area (Å²) in [5.74, 6) is 0.943. The Bertz CT molecular complexity index is 580. The summed E-state index contributed by atoms with van der Waals surface area (Å²) in [5.41, 5.74) is 0. The number of rotatable bonds is 7. The van der Waals surface area contributed by atoms with Crippen LogP contribution in [0.5, 0.6) is 5.75 Å². The smallest absolute Gasteiger partial charge is 0.134 e. The SMILES string of the molecule is Brc1c(OCCCCNC2CC2)ccc2ccccc12. The van der Waals surface area contributed by atoms with Gasteiger partial charge in [-0.3, -0.25) is 0 Å². The van der Waals surface area contributed by atoms with Gasteiger partial charge in [-0.25, -0.2) is 0 Å². The largest absolute Gasteiger partial charge is 0.492 e. The van der Waals surface area contributed by atoms with E-state index in [4.69, 9.17) is 4.74 Å². The maximum atomic E-state index is 5.89. The summed E-state index contributed by atoms with van der Waals surface area (Å²) in [4.78, 5) is 0. The van der Waals surface area contributed by atoms with Gasteiger partial charge in [0, 0.05) is 6.04 Å². The van der Waals surface area contributed by atoms with E-state index in [0.29, 0.717) is 0 Å². The Morgan fingerprint density at radius 1 is 1.10 bits per heavy atom. The topological polar surface area (TPSA) is 21.3 Å². The van der Waals surface area contributed by atoms with Crippen LogP contribution < -0.4 is 10.1 Å². The Morgan fingerprint density at radius 3 is 2.80 bits per heavy atom. The Hall–Kier alpha value is -1.06. The number of fused-ring (bicyclic) bond motifs is 1. The lowest BCUT2D eigenvalue weighted by atomic mass is 10.1. The fraction of sp³-hybridized carbons (Fsp3) is 0.412. The summed E-state index contributed by atoms with van der Waals surface area (Å²) in [6.07, 6.45) is 5.00. The van der Waals surface area contributed by atoms with Crippen molar-refractivity contribution in [2.75, 3.05) is 13.2 Å². The van der Waals surface area contributed by atoms with Crippen LogP contribution in [-0.2, 0) is 0 Å². The van der Waals surface area contributed by atoms with Crippen molar-refractivity contribution in [1.82, 2.24) is 5.32 Å². The van der Waals surface area contributed by atoms with Gasteiger partial charge in [0.05, 0.1) is 11.1 Å². The van der Waals surface area contributed by atoms with E-state index in [-0.39, 0.29) is 0 Å². The highest BCUT2D eigenvalue weighted by Gasteiger charge is 2.19. The minimum Gasteiger partial charge on any atom is -0.492 e. The van der Waals surface area contributed by atoms with Crippen molar-refractivity contribution in [1.29, 1.82) is 0 Å². The van der Waals surface area contributed by atoms with Crippen molar-refractivity contribution in [3.63, 3.8) is 0 Å². The van der Waals surface area contributed by atoms with Crippen LogP contribution in [0.4, 0.5) is 0 Å². The highest BCUT2D eigenvalue weighted by molar-refractivity contribution is 9.10. The first-order valence-corrected chi connectivity index (χ1v) is 8.17. The van der Waals surface area contributed by atoms with Crippen LogP contribution in [0, 0.1) is 0 Å². The predicted octanol–water partition coefficient (Wildman–Crippen LogP) is 4.51. The molecule has 0 atom stereocenters. The molecule has 0 spiro atoms. The second-order valence-corrected chi connectivity index (χ2v) is 6.18. The molecule has 0 aliphatic heterocycles. The summed E-state index contributed by atoms with van der Waals surface area (Å²) in [5, 5.41) is 5.97. The lowest BCUT2D eigenvalue weighted by Crippen LogP contribution is -2.17. The molecular formula is C17H20BrNO. The molecule has 0 amide bonds. The van der Waals surface area contributed by atoms with Crippen LogP contribution >= 0.6 is 15.9 Å². The molecule has 0 unspecified atom stereocenters. The monoisotopic (exact) mass is 333 g/mol. The van der Waals surface area contributed by atoms with Crippen LogP contribution in [0.25, 0.3) is 10.8 Å². The second kappa shape index (κ2) is 6.59. The quantitative estimate of drug-likeness (QED) is 0.752. The number of hydrogen-bond acceptors (Lipinski definition) is 2. The lowest BCUT2D eigenvalue weighted by Gasteiger charge is -2.10. The molecular weight excluding hydrogens is 314 g/mol. The molecule has 2 nitrogen and oxygen atoms in total. The Labute approximate surface area is 128 Å². The van der Waals surface area contributed by atoms with Crippen molar-refractivity contribution < 1.29 is 4.74 Å². The van der Waals surface area contributed by atoms with Gasteiger partial charge in [-0.1, -0.05) is 30.3 Å². The maximum absolute atomic E-state index is 5.89. The van der Waals surface area contributed by atoms with Gasteiger partial charge in [-0.15, -0.1) is 0 Å². The first kappa shape index (κ1) is 13.9. The fourth-order valence-corrected chi connectivity index (χ4v) is 2.94. The second-order valence-electron chi connectivity index (χ2n) is 5.38. The fourth-order valence-electron chi connectivity index (χ4n) is 2.33. The summed E-state index contributed by atoms with van der Waals surface area (Å²) < 4.78 is 6.95. The van der Waals surface area contributed by atoms with Crippen LogP contribution in [0.2, 0.25) is 0 Å². The van der Waals surface area contributed by atoms with E-state index < -0.39 is 0 Å². The van der Waals surface area contributed by atoms with Crippen LogP contribution in [0.1, 0.15) is 25.7 Å². The third-order valence-corrected chi connectivity index (χ3v) is 4.48. The number of unbranched alkanes of at least 4 members (excludes halogenated alkanes) is 1. The maximum Gasteiger partial charge on any atom is 0.134 e. The highest BCUT2D eigenvalue weighted by atomic mass is 79.9. The number of ether oxygens (including phenoxy) is 1. The molecule has 0 heterocycles. The van der Waals surface area contributed by atoms with Crippen molar-refractivity contribution in [3.05, 3.63) is 40.9 Å². The molecule has 0 saturated heterocycles. The van der Waals surface area contributed by atoms with Crippen molar-refractivity contribution in [2.24, 2.45) is 0 Å². The van der Waals surface area contributed by atoms with Crippen LogP contribution in [-0.4, -0.2) is 19.2 Å². The van der Waals surface area contributed by atoms with E-state index in [2.05, 4.69) is 57.6 Å². The van der Waals surface area contributed by atoms with E-state index in [1.165, 1.54) is 30.0 Å². The average Bonchev–Trinajstić information content (AvgIpc) is 3.29. The molecule has 2 aromatic carbocycles. The molecule has 0 aromatic heterocycles. The minimum absolute atomic E-state index is 0.781. The molecule has 1 saturated carbocycles. The molecule has 1 aliphatic carbocycles. The van der Waals surface area contributed by atoms with Crippen LogP contribution in [0.15, 0.2) is 40.9 Å². The molecule has 20 heavy (non-hydrogen) atoms. The summed E-state index contributed by atoms with van der Waals surface area (Å²) in [6.45, 7) is 1.90. The first-order chi connectivity index (χ1) is 9.84. The number of halogens is 1. The van der Waals surface area contributed by atoms with Gasteiger partial charge in [0.15, 0.2) is 0 Å². The van der Waals surface area contributed by atoms with Gasteiger partial charge < -0.3 is 10.1 Å². The van der Waals surface area contributed by atoms with Crippen molar-refractivity contribution in [2.45, 2.75) is 31.7 Å². The van der Waals surface area contributed by atoms with Crippen molar-refractivity contribution >= 4 is 26.7 Å². The van der Waals surface area contributed by atoms with Crippen molar-refractivity contribution in [3.8, 4) is 5.75 Å². The molecule has 106 valence electrons. The lowest BCUT2D eigenvalue weighted by molar-refractivity contribution is 0.304. The van der Waals surface area contributed by atoms with E-state index in [1.54, 1.807) is 0 Å². The Kier molecular flexibility index (Phi) is 4.58. The molecule has 0 bridgehead atoms. The Balaban J connectivity index is 1.50. The summed E-state index contributed by atoms with van der Waals surface area (Å²) >= 11 is 3.65. The normalized spacial score (nSPS) is 14.7.